The molecule has 2 unspecified atom stereocenters. The van der Waals surface area contributed by atoms with E-state index in [1.807, 2.05) is 0 Å². The van der Waals surface area contributed by atoms with E-state index >= 15 is 0 Å². The van der Waals surface area contributed by atoms with E-state index in [4.69, 9.17) is 5.26 Å². The average molecular weight is 514 g/mol. The van der Waals surface area contributed by atoms with Crippen LogP contribution in [0.25, 0.3) is 11.0 Å². The predicted molar refractivity (Wildman–Crippen MR) is 120 cm³/mol. The molecule has 2 saturated carbocycles. The first-order valence-corrected chi connectivity index (χ1v) is 11.8. The topological polar surface area (TPSA) is 111 Å². The molecule has 196 valence electrons. The Kier molecular flexibility index (Phi) is 8.87. The summed E-state index contributed by atoms with van der Waals surface area (Å²) in [5, 5.41) is 13.9. The van der Waals surface area contributed by atoms with Crippen LogP contribution < -0.4 is 10.6 Å². The Hall–Kier alpha value is -3.23. The number of alkyl halides is 5. The van der Waals surface area contributed by atoms with Gasteiger partial charge in [-0.25, -0.2) is 13.8 Å². The summed E-state index contributed by atoms with van der Waals surface area (Å²) in [5.41, 5.74) is 2.06. The molecule has 0 spiro atoms. The van der Waals surface area contributed by atoms with Crippen LogP contribution in [0.2, 0.25) is 0 Å². The van der Waals surface area contributed by atoms with Gasteiger partial charge in [0.15, 0.2) is 0 Å². The largest absolute Gasteiger partial charge is 0.389 e. The van der Waals surface area contributed by atoms with Crippen LogP contribution in [0.4, 0.5) is 22.0 Å². The van der Waals surface area contributed by atoms with Crippen LogP contribution in [0.15, 0.2) is 18.2 Å². The molecule has 4 rings (SSSR count). The molecule has 0 aliphatic heterocycles. The Morgan fingerprint density at radius 2 is 1.86 bits per heavy atom. The van der Waals surface area contributed by atoms with E-state index in [1.165, 1.54) is 0 Å². The third kappa shape index (κ3) is 8.77. The summed E-state index contributed by atoms with van der Waals surface area (Å²) in [6, 6.07) is 7.24. The number of carbonyl (C=O) groups excluding carboxylic acids is 2. The predicted octanol–water partition coefficient (Wildman–Crippen LogP) is 4.88. The van der Waals surface area contributed by atoms with Crippen molar-refractivity contribution in [1.29, 1.82) is 5.26 Å². The molecule has 2 aliphatic rings. The number of nitriles is 1. The molecular weight excluding hydrogens is 485 g/mol. The first kappa shape index (κ1) is 27.4. The highest BCUT2D eigenvalue weighted by atomic mass is 19.4. The number of nitrogens with zero attached hydrogens (tertiary/aromatic N) is 2. The van der Waals surface area contributed by atoms with Crippen molar-refractivity contribution in [2.75, 3.05) is 0 Å². The molecule has 0 radical (unpaired) electrons. The van der Waals surface area contributed by atoms with Gasteiger partial charge in [0, 0.05) is 25.8 Å². The van der Waals surface area contributed by atoms with Crippen molar-refractivity contribution in [2.24, 2.45) is 11.8 Å². The lowest BCUT2D eigenvalue weighted by Gasteiger charge is -2.20. The van der Waals surface area contributed by atoms with Gasteiger partial charge < -0.3 is 15.6 Å². The number of benzene rings is 1. The number of fused-ring (bicyclic) bond motifs is 1. The highest BCUT2D eigenvalue weighted by Crippen LogP contribution is 2.37. The van der Waals surface area contributed by atoms with Crippen molar-refractivity contribution in [3.63, 3.8) is 0 Å². The Bertz CT molecular complexity index is 1100. The second-order valence-electron chi connectivity index (χ2n) is 9.14. The normalized spacial score (nSPS) is 20.6. The number of hydrogen-bond acceptors (Lipinski definition) is 4. The van der Waals surface area contributed by atoms with Crippen LogP contribution in [0, 0.1) is 23.2 Å². The second-order valence-corrected chi connectivity index (χ2v) is 9.14. The lowest BCUT2D eigenvalue weighted by Crippen LogP contribution is -2.25. The van der Waals surface area contributed by atoms with Crippen LogP contribution in [0.5, 0.6) is 0 Å². The Labute approximate surface area is 204 Å². The van der Waals surface area contributed by atoms with Crippen molar-refractivity contribution >= 4 is 22.8 Å². The molecular formula is C24H28F5N5O2. The first-order chi connectivity index (χ1) is 17.0. The zero-order valence-electron chi connectivity index (χ0n) is 19.6. The molecule has 0 bridgehead atoms. The van der Waals surface area contributed by atoms with Crippen molar-refractivity contribution in [1.82, 2.24) is 20.6 Å². The van der Waals surface area contributed by atoms with E-state index in [9.17, 15) is 31.5 Å². The number of aromatic nitrogens is 2. The zero-order valence-corrected chi connectivity index (χ0v) is 19.6. The molecule has 2 aliphatic carbocycles. The molecule has 3 N–H and O–H groups in total. The van der Waals surface area contributed by atoms with Gasteiger partial charge in [0.1, 0.15) is 5.82 Å². The van der Waals surface area contributed by atoms with E-state index in [2.05, 4.69) is 26.7 Å². The fraction of sp³-hybridized carbons (Fsp3) is 0.583. The third-order valence-electron chi connectivity index (χ3n) is 6.03. The number of rotatable bonds is 7. The van der Waals surface area contributed by atoms with E-state index in [0.29, 0.717) is 41.7 Å². The minimum absolute atomic E-state index is 0.106. The highest BCUT2D eigenvalue weighted by molar-refractivity contribution is 5.82. The van der Waals surface area contributed by atoms with Crippen molar-refractivity contribution < 1.29 is 31.5 Å². The maximum Gasteiger partial charge on any atom is 0.389 e. The van der Waals surface area contributed by atoms with Gasteiger partial charge in [-0.05, 0) is 37.0 Å². The molecule has 7 nitrogen and oxygen atoms in total. The van der Waals surface area contributed by atoms with Crippen LogP contribution in [-0.4, -0.2) is 33.9 Å². The molecule has 2 amide bonds. The van der Waals surface area contributed by atoms with E-state index < -0.39 is 30.8 Å². The summed E-state index contributed by atoms with van der Waals surface area (Å²) in [5.74, 6) is -3.07. The summed E-state index contributed by atoms with van der Waals surface area (Å²) in [6.07, 6.45) is -2.86. The minimum Gasteiger partial charge on any atom is -0.352 e. The SMILES string of the molecule is FC1(F)CCCCC1.N#CC1CC1C(=O)NCc1nc2ccc(CNC(=O)CCC(F)(F)F)cc2[nH]1. The first-order valence-electron chi connectivity index (χ1n) is 11.8. The van der Waals surface area contributed by atoms with Gasteiger partial charge in [0.25, 0.3) is 0 Å². The van der Waals surface area contributed by atoms with E-state index in [-0.39, 0.29) is 43.7 Å². The van der Waals surface area contributed by atoms with E-state index in [0.717, 1.165) is 6.42 Å². The second kappa shape index (κ2) is 11.7. The van der Waals surface area contributed by atoms with Gasteiger partial charge in [-0.3, -0.25) is 9.59 Å². The van der Waals surface area contributed by atoms with Crippen molar-refractivity contribution in [3.05, 3.63) is 29.6 Å². The molecule has 2 atom stereocenters. The lowest BCUT2D eigenvalue weighted by atomic mass is 9.97. The highest BCUT2D eigenvalue weighted by Gasteiger charge is 2.43. The molecule has 2 fully saturated rings. The molecule has 12 heteroatoms. The summed E-state index contributed by atoms with van der Waals surface area (Å²) in [6.45, 7) is 0.306. The maximum absolute atomic E-state index is 12.2. The fourth-order valence-corrected chi connectivity index (χ4v) is 3.85. The fourth-order valence-electron chi connectivity index (χ4n) is 3.85. The monoisotopic (exact) mass is 513 g/mol. The maximum atomic E-state index is 12.2. The Balaban J connectivity index is 0.000000383. The summed E-state index contributed by atoms with van der Waals surface area (Å²) >= 11 is 0. The Morgan fingerprint density at radius 3 is 2.44 bits per heavy atom. The molecule has 36 heavy (non-hydrogen) atoms. The van der Waals surface area contributed by atoms with Crippen LogP contribution in [0.1, 0.15) is 62.8 Å². The van der Waals surface area contributed by atoms with Crippen LogP contribution in [0.3, 0.4) is 0 Å². The number of hydrogen-bond donors (Lipinski definition) is 3. The average Bonchev–Trinajstić information content (AvgIpc) is 3.50. The molecule has 1 aromatic heterocycles. The summed E-state index contributed by atoms with van der Waals surface area (Å²) in [7, 11) is 0. The zero-order chi connectivity index (χ0) is 26.3. The van der Waals surface area contributed by atoms with Gasteiger partial charge in [-0.1, -0.05) is 12.5 Å². The van der Waals surface area contributed by atoms with Crippen LogP contribution in [-0.2, 0) is 22.7 Å². The number of amides is 2. The van der Waals surface area contributed by atoms with Crippen molar-refractivity contribution in [3.8, 4) is 6.07 Å². The molecule has 1 heterocycles. The number of imidazole rings is 1. The van der Waals surface area contributed by atoms with Crippen molar-refractivity contribution in [2.45, 2.75) is 76.6 Å². The molecule has 0 saturated heterocycles. The standard InChI is InChI=1S/C18H18F3N5O2.C6H10F2/c19-18(20,21)4-3-16(27)23-8-10-1-2-13-14(5-10)26-15(25-13)9-24-17(28)12-6-11(12)7-22;7-6(8)4-2-1-3-5-6/h1-2,5,11-12H,3-4,6,8-9H2,(H,23,27)(H,24,28)(H,25,26);1-5H2. The number of aromatic amines is 1. The number of H-pyrrole nitrogens is 1. The summed E-state index contributed by atoms with van der Waals surface area (Å²) in [4.78, 5) is 30.8. The molecule has 1 aromatic carbocycles. The lowest BCUT2D eigenvalue weighted by molar-refractivity contribution is -0.144. The summed E-state index contributed by atoms with van der Waals surface area (Å²) < 4.78 is 60.8. The van der Waals surface area contributed by atoms with E-state index in [1.54, 1.807) is 18.2 Å². The van der Waals surface area contributed by atoms with Gasteiger partial charge in [-0.2, -0.15) is 18.4 Å². The van der Waals surface area contributed by atoms with Gasteiger partial charge >= 0.3 is 6.18 Å². The van der Waals surface area contributed by atoms with Gasteiger partial charge in [0.2, 0.25) is 17.7 Å². The number of nitrogens with one attached hydrogen (secondary N) is 3. The third-order valence-corrected chi connectivity index (χ3v) is 6.03. The smallest absolute Gasteiger partial charge is 0.352 e. The number of carbonyl (C=O) groups is 2. The quantitative estimate of drug-likeness (QED) is 0.458. The Morgan fingerprint density at radius 1 is 1.14 bits per heavy atom. The molecule has 2 aromatic rings. The minimum atomic E-state index is -4.35. The number of halogens is 5. The van der Waals surface area contributed by atoms with Gasteiger partial charge in [0.05, 0.1) is 41.9 Å². The van der Waals surface area contributed by atoms with Gasteiger partial charge in [-0.15, -0.1) is 0 Å². The van der Waals surface area contributed by atoms with Crippen LogP contribution >= 0.6 is 0 Å².